The molecule has 0 saturated carbocycles. The highest BCUT2D eigenvalue weighted by Gasteiger charge is 1.50. The number of hydrogen-bond donors (Lipinski definition) is 1. The van der Waals surface area contributed by atoms with Crippen molar-refractivity contribution in [3.8, 4) is 0 Å². The standard InChI is InChI=1S/CH5NOS/c1-4-2-3/h2H2,1H3. The highest BCUT2D eigenvalue weighted by molar-refractivity contribution is 7.91. The van der Waals surface area contributed by atoms with Crippen LogP contribution in [0.4, 0.5) is 0 Å². The van der Waals surface area contributed by atoms with Crippen molar-refractivity contribution in [2.24, 2.45) is 0 Å². The van der Waals surface area contributed by atoms with Gasteiger partial charge in [0.2, 0.25) is 0 Å². The number of hydrogen-bond acceptors (Lipinski definition) is 2. The van der Waals surface area contributed by atoms with Crippen molar-refractivity contribution >= 4 is 11.9 Å². The Morgan fingerprint density at radius 3 is 2.25 bits per heavy atom. The Morgan fingerprint density at radius 2 is 2.25 bits per heavy atom. The minimum absolute atomic E-state index is 0.792. The first-order valence-corrected chi connectivity index (χ1v) is 2.17. The van der Waals surface area contributed by atoms with E-state index in [0.717, 1.165) is 4.89 Å². The Labute approximate surface area is 29.3 Å². The van der Waals surface area contributed by atoms with Crippen molar-refractivity contribution in [2.45, 2.75) is 0 Å². The molecule has 2 nitrogen and oxygen atoms in total. The van der Waals surface area contributed by atoms with Crippen molar-refractivity contribution in [2.75, 3.05) is 6.26 Å². The van der Waals surface area contributed by atoms with E-state index >= 15 is 0 Å². The van der Waals surface area contributed by atoms with Crippen LogP contribution in [0.2, 0.25) is 0 Å². The second kappa shape index (κ2) is 3.27. The Hall–Kier alpha value is 0.270. The lowest BCUT2D eigenvalue weighted by molar-refractivity contribution is -0.396. The molecule has 0 amide bonds. The van der Waals surface area contributed by atoms with E-state index in [4.69, 9.17) is 5.21 Å². The van der Waals surface area contributed by atoms with Crippen LogP contribution in [0, 0.1) is 5.21 Å². The molecule has 0 atom stereocenters. The fourth-order valence-corrected chi connectivity index (χ4v) is 0. The lowest BCUT2D eigenvalue weighted by atomic mass is 12.0. The topological polar surface area (TPSA) is 39.7 Å². The molecule has 0 aromatic rings. The van der Waals surface area contributed by atoms with Crippen LogP contribution < -0.4 is 4.89 Å². The van der Waals surface area contributed by atoms with Crippen molar-refractivity contribution in [1.82, 2.24) is 0 Å². The van der Waals surface area contributed by atoms with Crippen LogP contribution in [0.25, 0.3) is 0 Å². The molecule has 0 saturated heterocycles. The Morgan fingerprint density at radius 1 is 2.00 bits per heavy atom. The Bertz CT molecular complexity index is 10.0. The summed E-state index contributed by atoms with van der Waals surface area (Å²) in [6, 6.07) is 0. The average molecular weight is 79.1 g/mol. The van der Waals surface area contributed by atoms with Crippen LogP contribution in [0.5, 0.6) is 0 Å². The molecule has 0 radical (unpaired) electrons. The number of nitrogens with two attached hydrogens (primary N) is 1. The zero-order chi connectivity index (χ0) is 3.41. The summed E-state index contributed by atoms with van der Waals surface area (Å²) in [6.07, 6.45) is 1.73. The summed E-state index contributed by atoms with van der Waals surface area (Å²) in [7, 11) is 0. The zero-order valence-electron chi connectivity index (χ0n) is 2.39. The van der Waals surface area contributed by atoms with Gasteiger partial charge in [-0.05, 0) is 0 Å². The molecule has 26 valence electrons. The van der Waals surface area contributed by atoms with Crippen molar-refractivity contribution in [3.63, 3.8) is 0 Å². The van der Waals surface area contributed by atoms with Crippen molar-refractivity contribution in [3.05, 3.63) is 5.21 Å². The predicted octanol–water partition coefficient (Wildman–Crippen LogP) is -0.674. The molecular weight excluding hydrogens is 74.1 g/mol. The molecule has 0 aliphatic carbocycles. The van der Waals surface area contributed by atoms with E-state index in [1.165, 1.54) is 11.9 Å². The van der Waals surface area contributed by atoms with Crippen LogP contribution in [0.3, 0.4) is 0 Å². The van der Waals surface area contributed by atoms with E-state index < -0.39 is 0 Å². The lowest BCUT2D eigenvalue weighted by Gasteiger charge is -1.85. The minimum atomic E-state index is 0.792. The van der Waals surface area contributed by atoms with Gasteiger partial charge in [0.15, 0.2) is 0 Å². The van der Waals surface area contributed by atoms with Gasteiger partial charge in [-0.2, -0.15) is 0 Å². The molecule has 0 heterocycles. The highest BCUT2D eigenvalue weighted by Crippen LogP contribution is 1.56. The van der Waals surface area contributed by atoms with Crippen LogP contribution in [0.1, 0.15) is 0 Å². The highest BCUT2D eigenvalue weighted by atomic mass is 32.2. The van der Waals surface area contributed by atoms with Gasteiger partial charge in [-0.25, -0.2) is 0 Å². The molecule has 4 heavy (non-hydrogen) atoms. The third-order valence-electron chi connectivity index (χ3n) is 0.0962. The van der Waals surface area contributed by atoms with E-state index in [2.05, 4.69) is 0 Å². The maximum Gasteiger partial charge on any atom is 0.0673 e. The summed E-state index contributed by atoms with van der Waals surface area (Å²) in [5, 5.41) is 9.14. The fraction of sp³-hybridized carbons (Fsp3) is 1.00. The fourth-order valence-electron chi connectivity index (χ4n) is 0. The van der Waals surface area contributed by atoms with Gasteiger partial charge in [0.05, 0.1) is 11.9 Å². The molecule has 0 unspecified atom stereocenters. The molecular formula is CH5NOS. The lowest BCUT2D eigenvalue weighted by Crippen LogP contribution is -2.66. The molecule has 0 spiro atoms. The first kappa shape index (κ1) is 4.27. The van der Waals surface area contributed by atoms with E-state index in [1.54, 1.807) is 6.26 Å². The minimum Gasteiger partial charge on any atom is -0.623 e. The average Bonchev–Trinajstić information content (AvgIpc) is 1.37. The molecule has 0 fully saturated rings. The van der Waals surface area contributed by atoms with E-state index in [9.17, 15) is 0 Å². The third kappa shape index (κ3) is 2.27. The molecule has 0 bridgehead atoms. The summed E-state index contributed by atoms with van der Waals surface area (Å²) in [5.74, 6) is 0. The summed E-state index contributed by atoms with van der Waals surface area (Å²) >= 11 is 1.18. The van der Waals surface area contributed by atoms with Crippen LogP contribution >= 0.6 is 11.9 Å². The second-order valence-electron chi connectivity index (χ2n) is 0.332. The van der Waals surface area contributed by atoms with Crippen LogP contribution in [0.15, 0.2) is 0 Å². The van der Waals surface area contributed by atoms with Gasteiger partial charge in [0.1, 0.15) is 0 Å². The zero-order valence-corrected chi connectivity index (χ0v) is 3.21. The first-order chi connectivity index (χ1) is 1.91. The number of rotatable bonds is 1. The second-order valence-corrected chi connectivity index (χ2v) is 0.996. The summed E-state index contributed by atoms with van der Waals surface area (Å²) < 4.78 is 0. The molecule has 0 aliphatic heterocycles. The smallest absolute Gasteiger partial charge is 0.0673 e. The van der Waals surface area contributed by atoms with Crippen molar-refractivity contribution < 1.29 is 4.89 Å². The third-order valence-corrected chi connectivity index (χ3v) is 0.289. The Kier molecular flexibility index (Phi) is 3.49. The normalized spacial score (nSPS) is 7.50. The van der Waals surface area contributed by atoms with Crippen molar-refractivity contribution in [1.29, 1.82) is 0 Å². The van der Waals surface area contributed by atoms with E-state index in [0.29, 0.717) is 0 Å². The summed E-state index contributed by atoms with van der Waals surface area (Å²) in [4.78, 5) is 0.792. The van der Waals surface area contributed by atoms with Gasteiger partial charge in [-0.1, -0.05) is 0 Å². The van der Waals surface area contributed by atoms with E-state index in [1.807, 2.05) is 0 Å². The van der Waals surface area contributed by atoms with Gasteiger partial charge in [0, 0.05) is 6.26 Å². The molecule has 3 heteroatoms. The maximum absolute atomic E-state index is 9.14. The summed E-state index contributed by atoms with van der Waals surface area (Å²) in [6.45, 7) is 0. The van der Waals surface area contributed by atoms with Gasteiger partial charge in [-0.15, -0.1) is 0 Å². The van der Waals surface area contributed by atoms with Gasteiger partial charge in [0.25, 0.3) is 0 Å². The first-order valence-electron chi connectivity index (χ1n) is 0.880. The van der Waals surface area contributed by atoms with Gasteiger partial charge < -0.3 is 10.1 Å². The van der Waals surface area contributed by atoms with E-state index in [-0.39, 0.29) is 0 Å². The maximum atomic E-state index is 9.14. The molecule has 0 aliphatic rings. The SMILES string of the molecule is CS[NH2+][O-]. The van der Waals surface area contributed by atoms with Crippen LogP contribution in [-0.2, 0) is 0 Å². The van der Waals surface area contributed by atoms with Gasteiger partial charge in [-0.3, -0.25) is 0 Å². The molecule has 0 aromatic carbocycles. The Balaban J connectivity index is 1.97. The quantitative estimate of drug-likeness (QED) is 0.334. The molecule has 2 N–H and O–H groups in total. The molecule has 0 rings (SSSR count). The van der Waals surface area contributed by atoms with Crippen LogP contribution in [-0.4, -0.2) is 6.26 Å². The predicted molar refractivity (Wildman–Crippen MR) is 18.8 cm³/mol. The largest absolute Gasteiger partial charge is 0.623 e. The monoisotopic (exact) mass is 79.0 g/mol. The molecule has 0 aromatic heterocycles. The summed E-state index contributed by atoms with van der Waals surface area (Å²) in [5.41, 5.74) is 0. The van der Waals surface area contributed by atoms with Gasteiger partial charge >= 0.3 is 0 Å². The number of quaternary nitrogens is 1.